The highest BCUT2D eigenvalue weighted by atomic mass is 16.1. The number of amides is 1. The number of rotatable bonds is 4. The molecule has 1 aliphatic rings. The molecule has 4 rings (SSSR count). The first-order valence-corrected chi connectivity index (χ1v) is 8.39. The SMILES string of the molecule is CC(Nc1ccc2c(c1)C(=O)NC2)c1cccc(-c2ccncc2)c1. The maximum Gasteiger partial charge on any atom is 0.251 e. The van der Waals surface area contributed by atoms with Crippen molar-refractivity contribution < 1.29 is 4.79 Å². The van der Waals surface area contributed by atoms with Gasteiger partial charge in [0.1, 0.15) is 0 Å². The summed E-state index contributed by atoms with van der Waals surface area (Å²) in [6.45, 7) is 2.75. The van der Waals surface area contributed by atoms with E-state index in [9.17, 15) is 4.79 Å². The van der Waals surface area contributed by atoms with Crippen LogP contribution in [0.15, 0.2) is 67.0 Å². The number of benzene rings is 2. The van der Waals surface area contributed by atoms with E-state index in [-0.39, 0.29) is 11.9 Å². The van der Waals surface area contributed by atoms with Gasteiger partial charge in [-0.2, -0.15) is 0 Å². The molecule has 124 valence electrons. The van der Waals surface area contributed by atoms with Crippen LogP contribution in [0, 0.1) is 0 Å². The molecule has 1 atom stereocenters. The fourth-order valence-electron chi connectivity index (χ4n) is 3.17. The van der Waals surface area contributed by atoms with Crippen molar-refractivity contribution in [2.45, 2.75) is 19.5 Å². The number of carbonyl (C=O) groups excluding carboxylic acids is 1. The highest BCUT2D eigenvalue weighted by molar-refractivity contribution is 5.99. The van der Waals surface area contributed by atoms with Crippen LogP contribution in [0.1, 0.15) is 34.5 Å². The average molecular weight is 329 g/mol. The highest BCUT2D eigenvalue weighted by Crippen LogP contribution is 2.26. The van der Waals surface area contributed by atoms with Crippen molar-refractivity contribution in [1.82, 2.24) is 10.3 Å². The second kappa shape index (κ2) is 6.40. The molecule has 25 heavy (non-hydrogen) atoms. The Balaban J connectivity index is 1.57. The highest BCUT2D eigenvalue weighted by Gasteiger charge is 2.19. The van der Waals surface area contributed by atoms with Crippen molar-refractivity contribution in [3.05, 3.63) is 83.7 Å². The molecular weight excluding hydrogens is 310 g/mol. The third-order valence-corrected chi connectivity index (χ3v) is 4.58. The van der Waals surface area contributed by atoms with E-state index in [0.717, 1.165) is 22.4 Å². The van der Waals surface area contributed by atoms with Crippen LogP contribution >= 0.6 is 0 Å². The van der Waals surface area contributed by atoms with Gasteiger partial charge in [-0.05, 0) is 59.5 Å². The zero-order chi connectivity index (χ0) is 17.2. The molecule has 0 radical (unpaired) electrons. The van der Waals surface area contributed by atoms with Gasteiger partial charge in [0.25, 0.3) is 5.91 Å². The smallest absolute Gasteiger partial charge is 0.251 e. The van der Waals surface area contributed by atoms with Crippen LogP contribution < -0.4 is 10.6 Å². The van der Waals surface area contributed by atoms with Crippen LogP contribution in [0.3, 0.4) is 0 Å². The number of nitrogens with one attached hydrogen (secondary N) is 2. The molecule has 0 saturated heterocycles. The first-order valence-electron chi connectivity index (χ1n) is 8.39. The topological polar surface area (TPSA) is 54.0 Å². The first kappa shape index (κ1) is 15.4. The number of carbonyl (C=O) groups is 1. The summed E-state index contributed by atoms with van der Waals surface area (Å²) in [5.74, 6) is 0.00554. The van der Waals surface area contributed by atoms with Crippen molar-refractivity contribution >= 4 is 11.6 Å². The van der Waals surface area contributed by atoms with Gasteiger partial charge in [0.2, 0.25) is 0 Å². The van der Waals surface area contributed by atoms with Gasteiger partial charge in [0.15, 0.2) is 0 Å². The quantitative estimate of drug-likeness (QED) is 0.755. The standard InChI is InChI=1S/C21H19N3O/c1-14(24-19-6-5-18-13-23-21(25)20(18)12-19)16-3-2-4-17(11-16)15-7-9-22-10-8-15/h2-12,14,24H,13H2,1H3,(H,23,25). The van der Waals surface area contributed by atoms with Crippen LogP contribution in [0.2, 0.25) is 0 Å². The number of hydrogen-bond donors (Lipinski definition) is 2. The average Bonchev–Trinajstić information content (AvgIpc) is 3.03. The summed E-state index contributed by atoms with van der Waals surface area (Å²) in [7, 11) is 0. The summed E-state index contributed by atoms with van der Waals surface area (Å²) in [6.07, 6.45) is 3.61. The van der Waals surface area contributed by atoms with Crippen LogP contribution in [0.5, 0.6) is 0 Å². The van der Waals surface area contributed by atoms with Gasteiger partial charge in [-0.25, -0.2) is 0 Å². The second-order valence-corrected chi connectivity index (χ2v) is 6.28. The summed E-state index contributed by atoms with van der Waals surface area (Å²) < 4.78 is 0. The lowest BCUT2D eigenvalue weighted by Crippen LogP contribution is -2.12. The van der Waals surface area contributed by atoms with Crippen LogP contribution in [-0.2, 0) is 6.54 Å². The lowest BCUT2D eigenvalue weighted by molar-refractivity contribution is 0.0966. The number of fused-ring (bicyclic) bond motifs is 1. The number of aromatic nitrogens is 1. The minimum Gasteiger partial charge on any atom is -0.379 e. The Hall–Kier alpha value is -3.14. The number of pyridine rings is 1. The van der Waals surface area contributed by atoms with Crippen LogP contribution in [0.4, 0.5) is 5.69 Å². The molecule has 2 heterocycles. The van der Waals surface area contributed by atoms with E-state index < -0.39 is 0 Å². The molecule has 3 aromatic rings. The Labute approximate surface area is 146 Å². The fraction of sp³-hybridized carbons (Fsp3) is 0.143. The van der Waals surface area contributed by atoms with E-state index in [1.165, 1.54) is 11.1 Å². The maximum absolute atomic E-state index is 11.8. The minimum absolute atomic E-state index is 0.00554. The van der Waals surface area contributed by atoms with Crippen molar-refractivity contribution in [3.8, 4) is 11.1 Å². The zero-order valence-electron chi connectivity index (χ0n) is 14.0. The van der Waals surface area contributed by atoms with Crippen molar-refractivity contribution in [3.63, 3.8) is 0 Å². The van der Waals surface area contributed by atoms with E-state index in [4.69, 9.17) is 0 Å². The number of hydrogen-bond acceptors (Lipinski definition) is 3. The molecule has 4 nitrogen and oxygen atoms in total. The van der Waals surface area contributed by atoms with E-state index in [0.29, 0.717) is 6.54 Å². The summed E-state index contributed by atoms with van der Waals surface area (Å²) in [5.41, 5.74) is 6.29. The van der Waals surface area contributed by atoms with Crippen LogP contribution in [-0.4, -0.2) is 10.9 Å². The third kappa shape index (κ3) is 3.11. The molecule has 1 aromatic heterocycles. The summed E-state index contributed by atoms with van der Waals surface area (Å²) >= 11 is 0. The Morgan fingerprint density at radius 3 is 2.72 bits per heavy atom. The number of anilines is 1. The molecule has 0 bridgehead atoms. The maximum atomic E-state index is 11.8. The molecule has 4 heteroatoms. The summed E-state index contributed by atoms with van der Waals surface area (Å²) in [4.78, 5) is 15.9. The molecule has 0 aliphatic carbocycles. The van der Waals surface area contributed by atoms with Crippen molar-refractivity contribution in [2.24, 2.45) is 0 Å². The molecule has 0 spiro atoms. The lowest BCUT2D eigenvalue weighted by atomic mass is 10.0. The molecule has 1 amide bonds. The van der Waals surface area contributed by atoms with E-state index in [2.05, 4.69) is 46.8 Å². The molecule has 0 saturated carbocycles. The minimum atomic E-state index is 0.00554. The predicted octanol–water partition coefficient (Wildman–Crippen LogP) is 4.17. The monoisotopic (exact) mass is 329 g/mol. The predicted molar refractivity (Wildman–Crippen MR) is 99.3 cm³/mol. The van der Waals surface area contributed by atoms with Gasteiger partial charge in [-0.1, -0.05) is 24.3 Å². The van der Waals surface area contributed by atoms with Gasteiger partial charge < -0.3 is 10.6 Å². The van der Waals surface area contributed by atoms with E-state index in [1.807, 2.05) is 30.3 Å². The number of nitrogens with zero attached hydrogens (tertiary/aromatic N) is 1. The van der Waals surface area contributed by atoms with Crippen molar-refractivity contribution in [2.75, 3.05) is 5.32 Å². The normalized spacial score (nSPS) is 13.9. The van der Waals surface area contributed by atoms with Gasteiger partial charge in [0, 0.05) is 36.2 Å². The Bertz CT molecular complexity index is 921. The summed E-state index contributed by atoms with van der Waals surface area (Å²) in [5, 5.41) is 6.35. The molecular formula is C21H19N3O. The molecule has 2 N–H and O–H groups in total. The lowest BCUT2D eigenvalue weighted by Gasteiger charge is -2.17. The van der Waals surface area contributed by atoms with Gasteiger partial charge in [-0.15, -0.1) is 0 Å². The molecule has 0 fully saturated rings. The van der Waals surface area contributed by atoms with Gasteiger partial charge >= 0.3 is 0 Å². The van der Waals surface area contributed by atoms with Gasteiger partial charge in [0.05, 0.1) is 0 Å². The first-order chi connectivity index (χ1) is 12.2. The summed E-state index contributed by atoms with van der Waals surface area (Å²) in [6, 6.07) is 18.6. The molecule has 1 unspecified atom stereocenters. The van der Waals surface area contributed by atoms with Crippen LogP contribution in [0.25, 0.3) is 11.1 Å². The second-order valence-electron chi connectivity index (χ2n) is 6.28. The van der Waals surface area contributed by atoms with E-state index in [1.54, 1.807) is 12.4 Å². The molecule has 2 aromatic carbocycles. The van der Waals surface area contributed by atoms with E-state index >= 15 is 0 Å². The molecule has 1 aliphatic heterocycles. The van der Waals surface area contributed by atoms with Gasteiger partial charge in [-0.3, -0.25) is 9.78 Å². The Kier molecular flexibility index (Phi) is 3.94. The zero-order valence-corrected chi connectivity index (χ0v) is 14.0. The largest absolute Gasteiger partial charge is 0.379 e. The Morgan fingerprint density at radius 1 is 1.04 bits per heavy atom. The fourth-order valence-corrected chi connectivity index (χ4v) is 3.17. The Morgan fingerprint density at radius 2 is 1.88 bits per heavy atom. The van der Waals surface area contributed by atoms with Crippen molar-refractivity contribution in [1.29, 1.82) is 0 Å². The third-order valence-electron chi connectivity index (χ3n) is 4.58.